The molecule has 0 heterocycles. The number of thioether (sulfide) groups is 1. The Morgan fingerprint density at radius 1 is 1.38 bits per heavy atom. The van der Waals surface area contributed by atoms with Crippen LogP contribution in [0.3, 0.4) is 0 Å². The van der Waals surface area contributed by atoms with Crippen LogP contribution in [-0.2, 0) is 9.59 Å². The van der Waals surface area contributed by atoms with Crippen LogP contribution in [0.2, 0.25) is 0 Å². The summed E-state index contributed by atoms with van der Waals surface area (Å²) in [6, 6.07) is -0.731. The summed E-state index contributed by atoms with van der Waals surface area (Å²) >= 11 is 1.64. The number of aliphatic carboxylic acids is 1. The van der Waals surface area contributed by atoms with Crippen molar-refractivity contribution in [3.05, 3.63) is 0 Å². The maximum Gasteiger partial charge on any atom is 0.323 e. The number of hydrogen-bond acceptors (Lipinski definition) is 5. The topological polar surface area (TPSA) is 148 Å². The molecule has 0 saturated carbocycles. The van der Waals surface area contributed by atoms with E-state index in [4.69, 9.17) is 22.3 Å². The van der Waals surface area contributed by atoms with Crippen molar-refractivity contribution in [2.75, 3.05) is 31.1 Å². The van der Waals surface area contributed by atoms with Crippen LogP contribution in [0.25, 0.3) is 0 Å². The number of carboxylic acids is 1. The average molecular weight is 319 g/mol. The molecule has 0 fully saturated rings. The Bertz CT molecular complexity index is 361. The molecule has 9 heteroatoms. The predicted octanol–water partition coefficient (Wildman–Crippen LogP) is -0.966. The van der Waals surface area contributed by atoms with E-state index < -0.39 is 12.0 Å². The van der Waals surface area contributed by atoms with Crippen LogP contribution in [0.4, 0.5) is 0 Å². The highest BCUT2D eigenvalue weighted by Crippen LogP contribution is 2.05. The van der Waals surface area contributed by atoms with Gasteiger partial charge in [0.15, 0.2) is 5.96 Å². The Kier molecular flexibility index (Phi) is 10.4. The van der Waals surface area contributed by atoms with Crippen LogP contribution in [0, 0.1) is 0 Å². The first-order chi connectivity index (χ1) is 9.88. The van der Waals surface area contributed by atoms with Gasteiger partial charge in [-0.3, -0.25) is 14.6 Å². The molecule has 1 atom stereocenters. The monoisotopic (exact) mass is 319 g/mol. The first-order valence-corrected chi connectivity index (χ1v) is 7.93. The smallest absolute Gasteiger partial charge is 0.323 e. The number of carbonyl (C=O) groups excluding carboxylic acids is 1. The zero-order chi connectivity index (χ0) is 16.3. The molecule has 0 aromatic rings. The molecular weight excluding hydrogens is 294 g/mol. The van der Waals surface area contributed by atoms with Crippen molar-refractivity contribution in [1.29, 1.82) is 0 Å². The Morgan fingerprint density at radius 2 is 2.05 bits per heavy atom. The summed E-state index contributed by atoms with van der Waals surface area (Å²) in [7, 11) is 0. The first-order valence-electron chi connectivity index (χ1n) is 6.77. The molecule has 0 rings (SSSR count). The summed E-state index contributed by atoms with van der Waals surface area (Å²) in [6.07, 6.45) is 0.974. The average Bonchev–Trinajstić information content (AvgIpc) is 2.41. The van der Waals surface area contributed by atoms with Gasteiger partial charge in [0.1, 0.15) is 6.54 Å². The van der Waals surface area contributed by atoms with Crippen LogP contribution < -0.4 is 17.2 Å². The molecule has 0 aliphatic carbocycles. The number of carbonyl (C=O) groups is 2. The molecule has 7 N–H and O–H groups in total. The van der Waals surface area contributed by atoms with E-state index in [0.717, 1.165) is 5.75 Å². The largest absolute Gasteiger partial charge is 0.480 e. The van der Waals surface area contributed by atoms with Gasteiger partial charge in [-0.25, -0.2) is 0 Å². The lowest BCUT2D eigenvalue weighted by molar-refractivity contribution is -0.144. The third kappa shape index (κ3) is 9.97. The van der Waals surface area contributed by atoms with Crippen molar-refractivity contribution in [3.63, 3.8) is 0 Å². The van der Waals surface area contributed by atoms with E-state index in [1.807, 2.05) is 6.92 Å². The summed E-state index contributed by atoms with van der Waals surface area (Å²) < 4.78 is 0. The zero-order valence-corrected chi connectivity index (χ0v) is 13.1. The third-order valence-electron chi connectivity index (χ3n) is 2.63. The third-order valence-corrected chi connectivity index (χ3v) is 3.51. The summed E-state index contributed by atoms with van der Waals surface area (Å²) in [5.41, 5.74) is 16.2. The van der Waals surface area contributed by atoms with Crippen molar-refractivity contribution < 1.29 is 14.7 Å². The number of aliphatic imine (C=N–C) groups is 1. The molecule has 21 heavy (non-hydrogen) atoms. The fraction of sp³-hybridized carbons (Fsp3) is 0.750. The number of guanidine groups is 1. The summed E-state index contributed by atoms with van der Waals surface area (Å²) in [5.74, 6) is 0.214. The van der Waals surface area contributed by atoms with E-state index in [-0.39, 0.29) is 18.4 Å². The van der Waals surface area contributed by atoms with Gasteiger partial charge in [0.05, 0.1) is 6.04 Å². The molecule has 0 radical (unpaired) electrons. The van der Waals surface area contributed by atoms with Gasteiger partial charge in [-0.05, 0) is 18.6 Å². The Morgan fingerprint density at radius 3 is 2.57 bits per heavy atom. The molecule has 0 unspecified atom stereocenters. The first kappa shape index (κ1) is 19.5. The number of hydrogen-bond donors (Lipinski definition) is 4. The van der Waals surface area contributed by atoms with E-state index in [0.29, 0.717) is 31.7 Å². The van der Waals surface area contributed by atoms with Gasteiger partial charge in [0.2, 0.25) is 5.91 Å². The highest BCUT2D eigenvalue weighted by atomic mass is 32.2. The second-order valence-corrected chi connectivity index (χ2v) is 5.80. The van der Waals surface area contributed by atoms with Gasteiger partial charge in [-0.2, -0.15) is 11.8 Å². The van der Waals surface area contributed by atoms with Crippen molar-refractivity contribution in [1.82, 2.24) is 4.90 Å². The quantitative estimate of drug-likeness (QED) is 0.217. The van der Waals surface area contributed by atoms with E-state index in [1.54, 1.807) is 11.8 Å². The molecule has 0 aromatic heterocycles. The van der Waals surface area contributed by atoms with Crippen LogP contribution in [0.5, 0.6) is 0 Å². The number of rotatable bonds is 11. The summed E-state index contributed by atoms with van der Waals surface area (Å²) in [5, 5.41) is 8.86. The lowest BCUT2D eigenvalue weighted by atomic mass is 10.1. The fourth-order valence-corrected chi connectivity index (χ4v) is 2.27. The molecule has 8 nitrogen and oxygen atoms in total. The molecule has 0 saturated heterocycles. The van der Waals surface area contributed by atoms with Gasteiger partial charge in [0.25, 0.3) is 0 Å². The second kappa shape index (κ2) is 11.2. The van der Waals surface area contributed by atoms with Crippen molar-refractivity contribution in [2.24, 2.45) is 22.2 Å². The fourth-order valence-electron chi connectivity index (χ4n) is 1.63. The van der Waals surface area contributed by atoms with Crippen molar-refractivity contribution in [2.45, 2.75) is 25.8 Å². The second-order valence-electron chi connectivity index (χ2n) is 4.41. The Balaban J connectivity index is 4.34. The van der Waals surface area contributed by atoms with Gasteiger partial charge < -0.3 is 27.2 Å². The Hall–Kier alpha value is -1.48. The minimum atomic E-state index is -1.04. The number of nitrogens with two attached hydrogens (primary N) is 3. The Labute approximate surface area is 129 Å². The molecule has 0 bridgehead atoms. The highest BCUT2D eigenvalue weighted by molar-refractivity contribution is 7.99. The van der Waals surface area contributed by atoms with Crippen LogP contribution in [-0.4, -0.2) is 65.0 Å². The lowest BCUT2D eigenvalue weighted by Crippen LogP contribution is -2.46. The molecule has 122 valence electrons. The molecule has 0 aromatic carbocycles. The zero-order valence-electron chi connectivity index (χ0n) is 12.3. The standard InChI is InChI=1S/C12H25N5O3S/c1-2-21-7-6-17(8-10(18)19)11(20)9(13)4-3-5-16-12(14)15/h9H,2-8,13H2,1H3,(H,18,19)(H4,14,15,16)/t9-/m0/s1. The van der Waals surface area contributed by atoms with Gasteiger partial charge in [-0.15, -0.1) is 0 Å². The van der Waals surface area contributed by atoms with Gasteiger partial charge >= 0.3 is 5.97 Å². The van der Waals surface area contributed by atoms with E-state index in [9.17, 15) is 9.59 Å². The normalized spacial score (nSPS) is 11.7. The maximum atomic E-state index is 12.1. The van der Waals surface area contributed by atoms with E-state index >= 15 is 0 Å². The summed E-state index contributed by atoms with van der Waals surface area (Å²) in [6.45, 7) is 2.45. The van der Waals surface area contributed by atoms with Crippen molar-refractivity contribution in [3.8, 4) is 0 Å². The highest BCUT2D eigenvalue weighted by Gasteiger charge is 2.22. The number of amides is 1. The molecule has 1 amide bonds. The minimum Gasteiger partial charge on any atom is -0.480 e. The van der Waals surface area contributed by atoms with Gasteiger partial charge in [0, 0.05) is 18.8 Å². The molecular formula is C12H25N5O3S. The molecule has 0 spiro atoms. The lowest BCUT2D eigenvalue weighted by Gasteiger charge is -2.23. The number of carboxylic acid groups (broad SMARTS) is 1. The molecule has 0 aliphatic heterocycles. The number of nitrogens with zero attached hydrogens (tertiary/aromatic N) is 2. The van der Waals surface area contributed by atoms with Crippen LogP contribution in [0.1, 0.15) is 19.8 Å². The predicted molar refractivity (Wildman–Crippen MR) is 85.1 cm³/mol. The minimum absolute atomic E-state index is 0.000933. The molecule has 0 aliphatic rings. The SMILES string of the molecule is CCSCCN(CC(=O)O)C(=O)[C@@H](N)CCCN=C(N)N. The van der Waals surface area contributed by atoms with Crippen molar-refractivity contribution >= 4 is 29.6 Å². The van der Waals surface area contributed by atoms with Crippen LogP contribution in [0.15, 0.2) is 4.99 Å². The van der Waals surface area contributed by atoms with Gasteiger partial charge in [-0.1, -0.05) is 6.92 Å². The maximum absolute atomic E-state index is 12.1. The van der Waals surface area contributed by atoms with Crippen LogP contribution >= 0.6 is 11.8 Å². The van der Waals surface area contributed by atoms with E-state index in [2.05, 4.69) is 4.99 Å². The van der Waals surface area contributed by atoms with E-state index in [1.165, 1.54) is 4.90 Å². The summed E-state index contributed by atoms with van der Waals surface area (Å²) in [4.78, 5) is 28.1.